The van der Waals surface area contributed by atoms with Gasteiger partial charge in [-0.15, -0.1) is 0 Å². The number of carboxylic acid groups (broad SMARTS) is 1. The zero-order valence-corrected chi connectivity index (χ0v) is 11.0. The maximum Gasteiger partial charge on any atom is 0.326 e. The molecule has 1 heterocycles. The van der Waals surface area contributed by atoms with E-state index in [0.717, 1.165) is 12.8 Å². The maximum atomic E-state index is 11.9. The fraction of sp³-hybridized carbons (Fsp3) is 0.833. The van der Waals surface area contributed by atoms with E-state index in [0.29, 0.717) is 32.0 Å². The van der Waals surface area contributed by atoms with Crippen molar-refractivity contribution in [1.29, 1.82) is 0 Å². The molecule has 0 aromatic heterocycles. The Balaban J connectivity index is 2.47. The molecule has 1 aliphatic rings. The molecule has 1 saturated heterocycles. The molecular formula is C12H22N2O4. The molecule has 1 unspecified atom stereocenters. The summed E-state index contributed by atoms with van der Waals surface area (Å²) in [4.78, 5) is 24.5. The predicted octanol–water partition coefficient (Wildman–Crippen LogP) is 0.918. The second-order valence-corrected chi connectivity index (χ2v) is 4.66. The number of hydrogen-bond acceptors (Lipinski definition) is 3. The number of nitrogens with zero attached hydrogens (tertiary/aromatic N) is 1. The smallest absolute Gasteiger partial charge is 0.326 e. The van der Waals surface area contributed by atoms with Crippen LogP contribution in [-0.4, -0.2) is 54.9 Å². The van der Waals surface area contributed by atoms with Gasteiger partial charge in [-0.25, -0.2) is 9.59 Å². The Kier molecular flexibility index (Phi) is 5.91. The number of carboxylic acids is 1. The highest BCUT2D eigenvalue weighted by molar-refractivity contribution is 5.82. The summed E-state index contributed by atoms with van der Waals surface area (Å²) in [6.07, 6.45) is 2.37. The summed E-state index contributed by atoms with van der Waals surface area (Å²) in [5.41, 5.74) is 0. The van der Waals surface area contributed by atoms with Crippen LogP contribution in [0, 0.1) is 5.92 Å². The number of piperidine rings is 1. The number of ether oxygens (including phenoxy) is 1. The number of carbonyl (C=O) groups excluding carboxylic acids is 1. The average Bonchev–Trinajstić information content (AvgIpc) is 2.36. The molecule has 6 heteroatoms. The molecule has 1 fully saturated rings. The van der Waals surface area contributed by atoms with Gasteiger partial charge in [-0.3, -0.25) is 0 Å². The van der Waals surface area contributed by atoms with Crippen LogP contribution < -0.4 is 5.32 Å². The van der Waals surface area contributed by atoms with E-state index in [-0.39, 0.29) is 6.03 Å². The van der Waals surface area contributed by atoms with E-state index in [9.17, 15) is 9.59 Å². The highest BCUT2D eigenvalue weighted by Gasteiger charge is 2.26. The number of urea groups is 1. The molecule has 0 aromatic rings. The van der Waals surface area contributed by atoms with Crippen LogP contribution in [0.4, 0.5) is 4.79 Å². The maximum absolute atomic E-state index is 11.9. The molecular weight excluding hydrogens is 236 g/mol. The summed E-state index contributed by atoms with van der Waals surface area (Å²) < 4.78 is 5.10. The molecule has 18 heavy (non-hydrogen) atoms. The van der Waals surface area contributed by atoms with Crippen molar-refractivity contribution in [3.63, 3.8) is 0 Å². The third-order valence-electron chi connectivity index (χ3n) is 3.21. The molecule has 1 aliphatic heterocycles. The van der Waals surface area contributed by atoms with Crippen LogP contribution >= 0.6 is 0 Å². The van der Waals surface area contributed by atoms with E-state index in [1.807, 2.05) is 0 Å². The van der Waals surface area contributed by atoms with Gasteiger partial charge in [0.15, 0.2) is 0 Å². The molecule has 1 rings (SSSR count). The molecule has 104 valence electrons. The lowest BCUT2D eigenvalue weighted by Crippen LogP contribution is -2.51. The summed E-state index contributed by atoms with van der Waals surface area (Å²) in [7, 11) is 1.65. The number of nitrogens with one attached hydrogen (secondary N) is 1. The van der Waals surface area contributed by atoms with E-state index in [4.69, 9.17) is 9.84 Å². The van der Waals surface area contributed by atoms with Gasteiger partial charge in [0.05, 0.1) is 6.61 Å². The van der Waals surface area contributed by atoms with Crippen LogP contribution in [0.2, 0.25) is 0 Å². The number of amides is 2. The fourth-order valence-electron chi connectivity index (χ4n) is 2.20. The number of carbonyl (C=O) groups is 2. The lowest BCUT2D eigenvalue weighted by atomic mass is 9.99. The normalized spacial score (nSPS) is 21.4. The van der Waals surface area contributed by atoms with E-state index in [1.165, 1.54) is 0 Å². The second-order valence-electron chi connectivity index (χ2n) is 4.66. The molecule has 2 N–H and O–H groups in total. The monoisotopic (exact) mass is 258 g/mol. The molecule has 0 aromatic carbocycles. The molecule has 0 radical (unpaired) electrons. The number of methoxy groups -OCH3 is 1. The Labute approximate surface area is 107 Å². The van der Waals surface area contributed by atoms with E-state index < -0.39 is 12.0 Å². The van der Waals surface area contributed by atoms with Gasteiger partial charge in [0.1, 0.15) is 6.04 Å². The van der Waals surface area contributed by atoms with Crippen molar-refractivity contribution in [1.82, 2.24) is 10.2 Å². The highest BCUT2D eigenvalue weighted by atomic mass is 16.5. The van der Waals surface area contributed by atoms with Crippen molar-refractivity contribution in [2.24, 2.45) is 5.92 Å². The summed E-state index contributed by atoms with van der Waals surface area (Å²) >= 11 is 0. The predicted molar refractivity (Wildman–Crippen MR) is 66.4 cm³/mol. The van der Waals surface area contributed by atoms with Crippen molar-refractivity contribution in [3.8, 4) is 0 Å². The van der Waals surface area contributed by atoms with Gasteiger partial charge in [0, 0.05) is 26.1 Å². The zero-order chi connectivity index (χ0) is 13.5. The summed E-state index contributed by atoms with van der Waals surface area (Å²) in [6, 6.07) is -1.09. The number of aliphatic carboxylic acids is 1. The Morgan fingerprint density at radius 2 is 2.28 bits per heavy atom. The first-order valence-corrected chi connectivity index (χ1v) is 6.35. The highest BCUT2D eigenvalue weighted by Crippen LogP contribution is 2.16. The fourth-order valence-corrected chi connectivity index (χ4v) is 2.20. The van der Waals surface area contributed by atoms with Gasteiger partial charge < -0.3 is 20.1 Å². The van der Waals surface area contributed by atoms with Crippen molar-refractivity contribution < 1.29 is 19.4 Å². The molecule has 6 nitrogen and oxygen atoms in total. The second kappa shape index (κ2) is 7.20. The van der Waals surface area contributed by atoms with E-state index in [1.54, 1.807) is 18.9 Å². The average molecular weight is 258 g/mol. The van der Waals surface area contributed by atoms with E-state index in [2.05, 4.69) is 5.32 Å². The number of likely N-dealkylation sites (tertiary alicyclic amines) is 1. The minimum Gasteiger partial charge on any atom is -0.480 e. The zero-order valence-electron chi connectivity index (χ0n) is 11.0. The molecule has 0 spiro atoms. The van der Waals surface area contributed by atoms with Crippen LogP contribution in [0.3, 0.4) is 0 Å². The van der Waals surface area contributed by atoms with Gasteiger partial charge in [-0.05, 0) is 19.3 Å². The van der Waals surface area contributed by atoms with Crippen LogP contribution in [-0.2, 0) is 9.53 Å². The summed E-state index contributed by atoms with van der Waals surface area (Å²) in [5.74, 6) is -0.643. The van der Waals surface area contributed by atoms with Crippen LogP contribution in [0.15, 0.2) is 0 Å². The van der Waals surface area contributed by atoms with Gasteiger partial charge >= 0.3 is 12.0 Å². The first-order chi connectivity index (χ1) is 8.58. The van der Waals surface area contributed by atoms with Gasteiger partial charge in [0.25, 0.3) is 0 Å². The Bertz CT molecular complexity index is 294. The summed E-state index contributed by atoms with van der Waals surface area (Å²) in [5, 5.41) is 11.4. The van der Waals surface area contributed by atoms with Crippen molar-refractivity contribution in [2.75, 3.05) is 26.8 Å². The van der Waals surface area contributed by atoms with Gasteiger partial charge in [-0.2, -0.15) is 0 Å². The summed E-state index contributed by atoms with van der Waals surface area (Å²) in [6.45, 7) is 3.70. The third-order valence-corrected chi connectivity index (χ3v) is 3.21. The van der Waals surface area contributed by atoms with Gasteiger partial charge in [0.2, 0.25) is 0 Å². The van der Waals surface area contributed by atoms with Gasteiger partial charge in [-0.1, -0.05) is 6.92 Å². The quantitative estimate of drug-likeness (QED) is 0.768. The number of hydrogen-bond donors (Lipinski definition) is 2. The first kappa shape index (κ1) is 14.8. The Hall–Kier alpha value is -1.30. The third kappa shape index (κ3) is 4.18. The minimum absolute atomic E-state index is 0.287. The SMILES string of the molecule is CC[C@H](NC(=O)N1CCCC(COC)C1)C(=O)O. The van der Waals surface area contributed by atoms with Crippen molar-refractivity contribution in [2.45, 2.75) is 32.2 Å². The van der Waals surface area contributed by atoms with Crippen molar-refractivity contribution >= 4 is 12.0 Å². The number of rotatable bonds is 5. The Morgan fingerprint density at radius 1 is 1.56 bits per heavy atom. The molecule has 0 saturated carbocycles. The first-order valence-electron chi connectivity index (χ1n) is 6.35. The largest absolute Gasteiger partial charge is 0.480 e. The Morgan fingerprint density at radius 3 is 2.83 bits per heavy atom. The molecule has 0 aliphatic carbocycles. The van der Waals surface area contributed by atoms with Crippen LogP contribution in [0.25, 0.3) is 0 Å². The molecule has 0 bridgehead atoms. The molecule has 2 atom stereocenters. The topological polar surface area (TPSA) is 78.9 Å². The molecule has 2 amide bonds. The minimum atomic E-state index is -0.990. The standard InChI is InChI=1S/C12H22N2O4/c1-3-10(11(15)16)13-12(17)14-6-4-5-9(7-14)8-18-2/h9-10H,3-8H2,1-2H3,(H,13,17)(H,15,16)/t9?,10-/m0/s1. The van der Waals surface area contributed by atoms with Crippen molar-refractivity contribution in [3.05, 3.63) is 0 Å². The van der Waals surface area contributed by atoms with Crippen LogP contribution in [0.1, 0.15) is 26.2 Å². The lowest BCUT2D eigenvalue weighted by molar-refractivity contribution is -0.139. The van der Waals surface area contributed by atoms with E-state index >= 15 is 0 Å². The van der Waals surface area contributed by atoms with Crippen LogP contribution in [0.5, 0.6) is 0 Å². The lowest BCUT2D eigenvalue weighted by Gasteiger charge is -2.33.